The Kier molecular flexibility index (Phi) is 4.14. The average molecular weight is 516 g/mol. The van der Waals surface area contributed by atoms with Crippen LogP contribution in [0.4, 0.5) is 0 Å². The number of hydrogen-bond acceptors (Lipinski definition) is 7. The summed E-state index contributed by atoms with van der Waals surface area (Å²) in [5.41, 5.74) is 9.14. The van der Waals surface area contributed by atoms with Crippen LogP contribution in [0.2, 0.25) is 0 Å². The largest absolute Gasteiger partial charge is 0.290 e. The predicted molar refractivity (Wildman–Crippen MR) is 155 cm³/mol. The van der Waals surface area contributed by atoms with E-state index in [1.807, 2.05) is 72.8 Å². The zero-order chi connectivity index (χ0) is 26.2. The summed E-state index contributed by atoms with van der Waals surface area (Å²) in [5, 5.41) is 10.5. The monoisotopic (exact) mass is 515 g/mol. The van der Waals surface area contributed by atoms with Crippen LogP contribution in [0.25, 0.3) is 77.7 Å². The van der Waals surface area contributed by atoms with Gasteiger partial charge in [-0.1, -0.05) is 18.2 Å². The second-order valence-corrected chi connectivity index (χ2v) is 9.58. The van der Waals surface area contributed by atoms with Crippen LogP contribution in [0, 0.1) is 0 Å². The minimum Gasteiger partial charge on any atom is -0.290 e. The summed E-state index contributed by atoms with van der Waals surface area (Å²) in [4.78, 5) is 23.7. The van der Waals surface area contributed by atoms with Crippen LogP contribution in [-0.4, -0.2) is 44.3 Å². The molecule has 0 unspecified atom stereocenters. The molecule has 0 atom stereocenters. The third-order valence-electron chi connectivity index (χ3n) is 7.36. The van der Waals surface area contributed by atoms with E-state index in [1.54, 1.807) is 18.6 Å². The first-order valence-corrected chi connectivity index (χ1v) is 12.8. The molecule has 186 valence electrons. The number of hydrogen-bond donors (Lipinski definition) is 0. The first-order valence-electron chi connectivity index (χ1n) is 12.8. The third-order valence-corrected chi connectivity index (χ3v) is 7.36. The molecule has 0 amide bonds. The molecule has 40 heavy (non-hydrogen) atoms. The van der Waals surface area contributed by atoms with Gasteiger partial charge in [0, 0.05) is 24.0 Å². The molecule has 0 bridgehead atoms. The fourth-order valence-electron chi connectivity index (χ4n) is 5.67. The molecule has 0 saturated heterocycles. The molecule has 0 N–H and O–H groups in total. The van der Waals surface area contributed by atoms with Gasteiger partial charge in [0.25, 0.3) is 0 Å². The fraction of sp³-hybridized carbons (Fsp3) is 0. The van der Waals surface area contributed by atoms with Crippen LogP contribution in [-0.2, 0) is 0 Å². The van der Waals surface area contributed by atoms with Crippen LogP contribution in [0.5, 0.6) is 0 Å². The molecule has 0 radical (unpaired) electrons. The van der Waals surface area contributed by atoms with Gasteiger partial charge in [-0.3, -0.25) is 24.1 Å². The maximum Gasteiger partial charge on any atom is 0.140 e. The SMILES string of the molecule is c1cnc2ccc(-n3c4ccccc4c4nnc5c6ncccc6n(-c6ccc7ncccc7n6)c5c43)nc2c1. The summed E-state index contributed by atoms with van der Waals surface area (Å²) in [6.45, 7) is 0. The molecule has 8 heterocycles. The molecule has 8 aromatic heterocycles. The Morgan fingerprint density at radius 3 is 1.75 bits per heavy atom. The minimum absolute atomic E-state index is 0.697. The van der Waals surface area contributed by atoms with Gasteiger partial charge in [-0.05, 0) is 66.7 Å². The van der Waals surface area contributed by atoms with Crippen LogP contribution in [0.1, 0.15) is 0 Å². The van der Waals surface area contributed by atoms with Crippen LogP contribution >= 0.6 is 0 Å². The van der Waals surface area contributed by atoms with Gasteiger partial charge in [0.1, 0.15) is 39.2 Å². The summed E-state index contributed by atoms with van der Waals surface area (Å²) >= 11 is 0. The van der Waals surface area contributed by atoms with E-state index in [0.29, 0.717) is 5.52 Å². The van der Waals surface area contributed by atoms with Gasteiger partial charge in [0.15, 0.2) is 0 Å². The van der Waals surface area contributed by atoms with Gasteiger partial charge in [-0.2, -0.15) is 0 Å². The zero-order valence-corrected chi connectivity index (χ0v) is 20.8. The Hall–Kier alpha value is -5.83. The summed E-state index contributed by atoms with van der Waals surface area (Å²) in [7, 11) is 0. The van der Waals surface area contributed by atoms with Crippen molar-refractivity contribution in [1.29, 1.82) is 0 Å². The highest BCUT2D eigenvalue weighted by Crippen LogP contribution is 2.38. The first-order chi connectivity index (χ1) is 19.8. The van der Waals surface area contributed by atoms with Gasteiger partial charge in [-0.25, -0.2) is 9.97 Å². The minimum atomic E-state index is 0.697. The second-order valence-electron chi connectivity index (χ2n) is 9.58. The van der Waals surface area contributed by atoms with Crippen molar-refractivity contribution in [3.63, 3.8) is 0 Å². The van der Waals surface area contributed by atoms with E-state index in [4.69, 9.17) is 25.1 Å². The molecule has 1 aromatic carbocycles. The molecule has 0 fully saturated rings. The highest BCUT2D eigenvalue weighted by molar-refractivity contribution is 6.19. The van der Waals surface area contributed by atoms with Crippen molar-refractivity contribution < 1.29 is 0 Å². The number of aromatic nitrogens is 9. The normalized spacial score (nSPS) is 12.0. The number of para-hydroxylation sites is 1. The summed E-state index contributed by atoms with van der Waals surface area (Å²) in [6.07, 6.45) is 5.33. The molecule has 0 saturated carbocycles. The van der Waals surface area contributed by atoms with E-state index in [1.165, 1.54) is 0 Å². The molecule has 0 spiro atoms. The highest BCUT2D eigenvalue weighted by Gasteiger charge is 2.24. The molecule has 9 aromatic rings. The molecule has 0 aliphatic heterocycles. The van der Waals surface area contributed by atoms with Crippen LogP contribution < -0.4 is 0 Å². The van der Waals surface area contributed by atoms with E-state index in [-0.39, 0.29) is 0 Å². The number of fused-ring (bicyclic) bond motifs is 9. The molecule has 9 rings (SSSR count). The van der Waals surface area contributed by atoms with E-state index in [2.05, 4.69) is 31.2 Å². The smallest absolute Gasteiger partial charge is 0.140 e. The van der Waals surface area contributed by atoms with Crippen molar-refractivity contribution in [1.82, 2.24) is 44.3 Å². The van der Waals surface area contributed by atoms with Crippen molar-refractivity contribution >= 4 is 66.1 Å². The summed E-state index contributed by atoms with van der Waals surface area (Å²) < 4.78 is 4.28. The quantitative estimate of drug-likeness (QED) is 0.280. The van der Waals surface area contributed by atoms with E-state index in [0.717, 1.165) is 72.2 Å². The van der Waals surface area contributed by atoms with Gasteiger partial charge in [-0.15, -0.1) is 10.2 Å². The Balaban J connectivity index is 1.51. The summed E-state index contributed by atoms with van der Waals surface area (Å²) in [6, 6.07) is 27.9. The Morgan fingerprint density at radius 1 is 0.425 bits per heavy atom. The molecular formula is C31H17N9. The lowest BCUT2D eigenvalue weighted by molar-refractivity contribution is 1.06. The van der Waals surface area contributed by atoms with Gasteiger partial charge in [0.2, 0.25) is 0 Å². The van der Waals surface area contributed by atoms with Crippen molar-refractivity contribution in [2.75, 3.05) is 0 Å². The average Bonchev–Trinajstić information content (AvgIpc) is 3.54. The Morgan fingerprint density at radius 2 is 1.00 bits per heavy atom. The van der Waals surface area contributed by atoms with E-state index >= 15 is 0 Å². The third kappa shape index (κ3) is 2.83. The number of benzene rings is 1. The number of nitrogens with zero attached hydrogens (tertiary/aromatic N) is 9. The molecule has 9 nitrogen and oxygen atoms in total. The molecular weight excluding hydrogens is 498 g/mol. The topological polar surface area (TPSA) is 100 Å². The zero-order valence-electron chi connectivity index (χ0n) is 20.8. The van der Waals surface area contributed by atoms with Crippen molar-refractivity contribution in [2.24, 2.45) is 0 Å². The Labute approximate surface area is 225 Å². The van der Waals surface area contributed by atoms with Crippen molar-refractivity contribution in [3.05, 3.63) is 104 Å². The number of rotatable bonds is 2. The van der Waals surface area contributed by atoms with Crippen LogP contribution in [0.15, 0.2) is 104 Å². The molecule has 0 aliphatic rings. The maximum absolute atomic E-state index is 5.03. The van der Waals surface area contributed by atoms with Gasteiger partial charge in [0.05, 0.1) is 33.1 Å². The standard InChI is InChI=1S/C31H17N9/c1-2-9-23-18(6-1)27-30(39(23)25-13-11-19-21(35-25)7-3-15-32-19)31-29(38-37-27)28-24(10-5-17-34-28)40(31)26-14-12-20-22(36-26)8-4-16-33-20/h1-17H. The van der Waals surface area contributed by atoms with Crippen molar-refractivity contribution in [2.45, 2.75) is 0 Å². The van der Waals surface area contributed by atoms with E-state index in [9.17, 15) is 0 Å². The number of pyridine rings is 5. The predicted octanol–water partition coefficient (Wildman–Crippen LogP) is 5.95. The van der Waals surface area contributed by atoms with Crippen LogP contribution in [0.3, 0.4) is 0 Å². The molecule has 9 heteroatoms. The maximum atomic E-state index is 5.03. The lowest BCUT2D eigenvalue weighted by Gasteiger charge is -2.11. The molecule has 0 aliphatic carbocycles. The fourth-order valence-corrected chi connectivity index (χ4v) is 5.67. The van der Waals surface area contributed by atoms with E-state index < -0.39 is 0 Å². The second kappa shape index (κ2) is 7.84. The lowest BCUT2D eigenvalue weighted by atomic mass is 10.2. The summed E-state index contributed by atoms with van der Waals surface area (Å²) in [5.74, 6) is 1.51. The van der Waals surface area contributed by atoms with Crippen molar-refractivity contribution in [3.8, 4) is 11.6 Å². The lowest BCUT2D eigenvalue weighted by Crippen LogP contribution is -2.03. The first kappa shape index (κ1) is 21.1. The highest BCUT2D eigenvalue weighted by atomic mass is 15.2. The Bertz CT molecular complexity index is 2280. The van der Waals surface area contributed by atoms with Gasteiger partial charge >= 0.3 is 0 Å². The van der Waals surface area contributed by atoms with Gasteiger partial charge < -0.3 is 0 Å².